The van der Waals surface area contributed by atoms with Crippen molar-refractivity contribution in [1.82, 2.24) is 4.57 Å². The highest BCUT2D eigenvalue weighted by molar-refractivity contribution is 6.09. The molecular weight excluding hydrogens is 352 g/mol. The molecule has 4 rings (SSSR count). The van der Waals surface area contributed by atoms with E-state index in [1.54, 1.807) is 0 Å². The summed E-state index contributed by atoms with van der Waals surface area (Å²) in [7, 11) is 0. The number of amides is 1. The van der Waals surface area contributed by atoms with E-state index < -0.39 is 0 Å². The first-order valence-electron chi connectivity index (χ1n) is 10.1. The minimum absolute atomic E-state index is 0.0435. The van der Waals surface area contributed by atoms with Crippen molar-refractivity contribution in [2.75, 3.05) is 11.9 Å². The Kier molecular flexibility index (Phi) is 5.33. The summed E-state index contributed by atoms with van der Waals surface area (Å²) in [6, 6.07) is 14.2. The van der Waals surface area contributed by atoms with Gasteiger partial charge in [-0.25, -0.2) is 0 Å². The highest BCUT2D eigenvalue weighted by atomic mass is 16.5. The van der Waals surface area contributed by atoms with Gasteiger partial charge in [-0.1, -0.05) is 37.5 Å². The van der Waals surface area contributed by atoms with Crippen molar-refractivity contribution in [3.05, 3.63) is 42.5 Å². The summed E-state index contributed by atoms with van der Waals surface area (Å²) in [5.74, 6) is -0.586. The van der Waals surface area contributed by atoms with Crippen molar-refractivity contribution in [1.29, 1.82) is 0 Å². The lowest BCUT2D eigenvalue weighted by molar-refractivity contribution is -0.152. The zero-order valence-electron chi connectivity index (χ0n) is 16.2. The van der Waals surface area contributed by atoms with Gasteiger partial charge in [0, 0.05) is 34.0 Å². The quantitative estimate of drug-likeness (QED) is 0.644. The molecule has 28 heavy (non-hydrogen) atoms. The number of fused-ring (bicyclic) bond motifs is 3. The predicted octanol–water partition coefficient (Wildman–Crippen LogP) is 4.88. The van der Waals surface area contributed by atoms with Gasteiger partial charge in [0.25, 0.3) is 5.91 Å². The van der Waals surface area contributed by atoms with Crippen LogP contribution < -0.4 is 5.32 Å². The Balaban J connectivity index is 1.46. The van der Waals surface area contributed by atoms with E-state index in [0.717, 1.165) is 43.1 Å². The Morgan fingerprint density at radius 3 is 2.57 bits per heavy atom. The first kappa shape index (κ1) is 18.5. The van der Waals surface area contributed by atoms with E-state index in [9.17, 15) is 9.59 Å². The van der Waals surface area contributed by atoms with Crippen LogP contribution in [-0.4, -0.2) is 23.1 Å². The third-order valence-electron chi connectivity index (χ3n) is 5.66. The van der Waals surface area contributed by atoms with Crippen LogP contribution in [0.25, 0.3) is 21.8 Å². The van der Waals surface area contributed by atoms with E-state index in [1.807, 2.05) is 30.3 Å². The maximum atomic E-state index is 12.3. The van der Waals surface area contributed by atoms with Gasteiger partial charge in [-0.2, -0.15) is 0 Å². The topological polar surface area (TPSA) is 60.3 Å². The fourth-order valence-electron chi connectivity index (χ4n) is 4.26. The number of hydrogen-bond acceptors (Lipinski definition) is 3. The van der Waals surface area contributed by atoms with Crippen molar-refractivity contribution < 1.29 is 14.3 Å². The first-order valence-corrected chi connectivity index (χ1v) is 10.1. The fraction of sp³-hybridized carbons (Fsp3) is 0.391. The Hall–Kier alpha value is -2.82. The van der Waals surface area contributed by atoms with Gasteiger partial charge >= 0.3 is 5.97 Å². The SMILES string of the molecule is CCn1c2ccccc2c2cc(NC(=O)COC(=O)C3CCCCC3)ccc21. The molecule has 0 bridgehead atoms. The molecule has 0 spiro atoms. The molecule has 1 amide bonds. The minimum atomic E-state index is -0.303. The molecule has 1 aliphatic rings. The van der Waals surface area contributed by atoms with Gasteiger partial charge in [0.05, 0.1) is 5.92 Å². The zero-order valence-corrected chi connectivity index (χ0v) is 16.2. The van der Waals surface area contributed by atoms with Crippen LogP contribution in [0.4, 0.5) is 5.69 Å². The van der Waals surface area contributed by atoms with Crippen molar-refractivity contribution >= 4 is 39.4 Å². The van der Waals surface area contributed by atoms with Gasteiger partial charge in [0.15, 0.2) is 6.61 Å². The van der Waals surface area contributed by atoms with Gasteiger partial charge in [-0.15, -0.1) is 0 Å². The van der Waals surface area contributed by atoms with Crippen molar-refractivity contribution in [3.63, 3.8) is 0 Å². The molecule has 5 nitrogen and oxygen atoms in total. The highest BCUT2D eigenvalue weighted by Crippen LogP contribution is 2.31. The molecule has 146 valence electrons. The van der Waals surface area contributed by atoms with Crippen LogP contribution >= 0.6 is 0 Å². The number of esters is 1. The van der Waals surface area contributed by atoms with Crippen LogP contribution in [0.3, 0.4) is 0 Å². The number of ether oxygens (including phenoxy) is 1. The van der Waals surface area contributed by atoms with Gasteiger partial charge in [0.1, 0.15) is 0 Å². The number of nitrogens with one attached hydrogen (secondary N) is 1. The van der Waals surface area contributed by atoms with Gasteiger partial charge < -0.3 is 14.6 Å². The minimum Gasteiger partial charge on any atom is -0.455 e. The molecule has 1 heterocycles. The zero-order chi connectivity index (χ0) is 19.5. The van der Waals surface area contributed by atoms with Crippen molar-refractivity contribution in [2.24, 2.45) is 5.92 Å². The van der Waals surface area contributed by atoms with E-state index in [4.69, 9.17) is 4.74 Å². The predicted molar refractivity (Wildman–Crippen MR) is 111 cm³/mol. The maximum Gasteiger partial charge on any atom is 0.309 e. The van der Waals surface area contributed by atoms with Gasteiger partial charge in [-0.05, 0) is 44.0 Å². The molecule has 0 aliphatic heterocycles. The lowest BCUT2D eigenvalue weighted by Crippen LogP contribution is -2.26. The number of carbonyl (C=O) groups is 2. The molecule has 0 unspecified atom stereocenters. The summed E-state index contributed by atoms with van der Waals surface area (Å²) in [4.78, 5) is 24.4. The molecule has 1 N–H and O–H groups in total. The van der Waals surface area contributed by atoms with E-state index >= 15 is 0 Å². The maximum absolute atomic E-state index is 12.3. The lowest BCUT2D eigenvalue weighted by atomic mass is 9.89. The van der Waals surface area contributed by atoms with Crippen LogP contribution in [0.2, 0.25) is 0 Å². The molecule has 2 aromatic carbocycles. The van der Waals surface area contributed by atoms with Gasteiger partial charge in [-0.3, -0.25) is 9.59 Å². The van der Waals surface area contributed by atoms with Crippen LogP contribution in [0.1, 0.15) is 39.0 Å². The molecule has 1 aromatic heterocycles. The number of anilines is 1. The molecule has 0 atom stereocenters. The number of para-hydroxylation sites is 1. The number of benzene rings is 2. The number of carbonyl (C=O) groups excluding carboxylic acids is 2. The van der Waals surface area contributed by atoms with E-state index in [0.29, 0.717) is 5.69 Å². The molecule has 5 heteroatoms. The van der Waals surface area contributed by atoms with Crippen LogP contribution in [0, 0.1) is 5.92 Å². The summed E-state index contributed by atoms with van der Waals surface area (Å²) in [5, 5.41) is 5.13. The summed E-state index contributed by atoms with van der Waals surface area (Å²) in [6.07, 6.45) is 5.06. The standard InChI is InChI=1S/C23H26N2O3/c1-2-25-20-11-7-6-10-18(20)19-14-17(12-13-21(19)25)24-22(26)15-28-23(27)16-8-4-3-5-9-16/h6-7,10-14,16H,2-5,8-9,15H2,1H3,(H,24,26). The Labute approximate surface area is 164 Å². The second kappa shape index (κ2) is 8.05. The summed E-state index contributed by atoms with van der Waals surface area (Å²) in [5.41, 5.74) is 3.04. The molecule has 1 fully saturated rings. The summed E-state index contributed by atoms with van der Waals surface area (Å²) < 4.78 is 7.51. The van der Waals surface area contributed by atoms with Crippen LogP contribution in [0.5, 0.6) is 0 Å². The largest absolute Gasteiger partial charge is 0.455 e. The lowest BCUT2D eigenvalue weighted by Gasteiger charge is -2.19. The van der Waals surface area contributed by atoms with Crippen molar-refractivity contribution in [3.8, 4) is 0 Å². The summed E-state index contributed by atoms with van der Waals surface area (Å²) in [6.45, 7) is 2.78. The second-order valence-corrected chi connectivity index (χ2v) is 7.48. The monoisotopic (exact) mass is 378 g/mol. The number of hydrogen-bond donors (Lipinski definition) is 1. The van der Waals surface area contributed by atoms with E-state index in [2.05, 4.69) is 28.9 Å². The Morgan fingerprint density at radius 2 is 1.79 bits per heavy atom. The molecular formula is C23H26N2O3. The first-order chi connectivity index (χ1) is 13.7. The number of aryl methyl sites for hydroxylation is 1. The Bertz CT molecular complexity index is 1020. The molecule has 1 saturated carbocycles. The number of aromatic nitrogens is 1. The van der Waals surface area contributed by atoms with E-state index in [-0.39, 0.29) is 24.4 Å². The third-order valence-corrected chi connectivity index (χ3v) is 5.66. The molecule has 0 saturated heterocycles. The molecule has 0 radical (unpaired) electrons. The van der Waals surface area contributed by atoms with Crippen LogP contribution in [0.15, 0.2) is 42.5 Å². The van der Waals surface area contributed by atoms with E-state index in [1.165, 1.54) is 17.3 Å². The second-order valence-electron chi connectivity index (χ2n) is 7.48. The smallest absolute Gasteiger partial charge is 0.309 e. The average Bonchev–Trinajstić information content (AvgIpc) is 3.05. The Morgan fingerprint density at radius 1 is 1.04 bits per heavy atom. The van der Waals surface area contributed by atoms with Gasteiger partial charge in [0.2, 0.25) is 0 Å². The fourth-order valence-corrected chi connectivity index (χ4v) is 4.26. The number of nitrogens with zero attached hydrogens (tertiary/aromatic N) is 1. The summed E-state index contributed by atoms with van der Waals surface area (Å²) >= 11 is 0. The molecule has 3 aromatic rings. The van der Waals surface area contributed by atoms with Crippen molar-refractivity contribution in [2.45, 2.75) is 45.6 Å². The number of rotatable bonds is 5. The third kappa shape index (κ3) is 3.61. The average molecular weight is 378 g/mol. The molecule has 1 aliphatic carbocycles. The highest BCUT2D eigenvalue weighted by Gasteiger charge is 2.23. The van der Waals surface area contributed by atoms with Crippen LogP contribution in [-0.2, 0) is 20.9 Å². The normalized spacial score (nSPS) is 15.0.